The number of halogens is 2. The lowest BCUT2D eigenvalue weighted by atomic mass is 10.00. The smallest absolute Gasteiger partial charge is 0.220 e. The van der Waals surface area contributed by atoms with E-state index in [2.05, 4.69) is 31.1 Å². The lowest BCUT2D eigenvalue weighted by molar-refractivity contribution is -0.122. The Labute approximate surface area is 136 Å². The summed E-state index contributed by atoms with van der Waals surface area (Å²) in [7, 11) is 2.10. The second-order valence-corrected chi connectivity index (χ2v) is 5.65. The molecule has 0 spiro atoms. The molecular weight excluding hydrogens is 297 g/mol. The number of nitrogens with zero attached hydrogens (tertiary/aromatic N) is 1. The fourth-order valence-corrected chi connectivity index (χ4v) is 2.53. The van der Waals surface area contributed by atoms with Gasteiger partial charge in [-0.2, -0.15) is 0 Å². The van der Waals surface area contributed by atoms with Crippen LogP contribution in [0.5, 0.6) is 0 Å². The second kappa shape index (κ2) is 11.6. The molecule has 1 rings (SSSR count). The van der Waals surface area contributed by atoms with Crippen molar-refractivity contribution in [2.24, 2.45) is 11.7 Å². The predicted octanol–water partition coefficient (Wildman–Crippen LogP) is 2.19. The van der Waals surface area contributed by atoms with Gasteiger partial charge in [-0.25, -0.2) is 0 Å². The van der Waals surface area contributed by atoms with E-state index in [4.69, 9.17) is 5.73 Å². The summed E-state index contributed by atoms with van der Waals surface area (Å²) in [6.45, 7) is 6.04. The van der Waals surface area contributed by atoms with Crippen LogP contribution < -0.4 is 11.1 Å². The standard InChI is InChI=1S/C14H29N3O.2ClH/c1-4-11(2)17(3)9-8-16-14(18)10-12-6-5-7-13(12)15;;/h11-13H,4-10,15H2,1-3H3,(H,16,18);2*1H/t11?,12-,13+;;/m0../s1. The van der Waals surface area contributed by atoms with E-state index < -0.39 is 0 Å². The summed E-state index contributed by atoms with van der Waals surface area (Å²) in [5.74, 6) is 0.562. The second-order valence-electron chi connectivity index (χ2n) is 5.65. The number of carbonyl (C=O) groups is 1. The van der Waals surface area contributed by atoms with E-state index in [-0.39, 0.29) is 36.8 Å². The van der Waals surface area contributed by atoms with Gasteiger partial charge in [0.25, 0.3) is 0 Å². The minimum atomic E-state index is 0. The average Bonchev–Trinajstić information content (AvgIpc) is 2.73. The minimum Gasteiger partial charge on any atom is -0.355 e. The fraction of sp³-hybridized carbons (Fsp3) is 0.929. The van der Waals surface area contributed by atoms with Crippen LogP contribution >= 0.6 is 24.8 Å². The normalized spacial score (nSPS) is 22.9. The van der Waals surface area contributed by atoms with Crippen molar-refractivity contribution < 1.29 is 4.79 Å². The molecule has 0 aromatic rings. The number of carbonyl (C=O) groups excluding carboxylic acids is 1. The maximum Gasteiger partial charge on any atom is 0.220 e. The van der Waals surface area contributed by atoms with Crippen LogP contribution in [0.25, 0.3) is 0 Å². The first-order valence-corrected chi connectivity index (χ1v) is 7.27. The predicted molar refractivity (Wildman–Crippen MR) is 89.8 cm³/mol. The van der Waals surface area contributed by atoms with Gasteiger partial charge in [-0.05, 0) is 39.2 Å². The monoisotopic (exact) mass is 327 g/mol. The topological polar surface area (TPSA) is 58.4 Å². The van der Waals surface area contributed by atoms with Gasteiger partial charge in [0.15, 0.2) is 0 Å². The van der Waals surface area contributed by atoms with Gasteiger partial charge >= 0.3 is 0 Å². The van der Waals surface area contributed by atoms with Crippen LogP contribution in [0.4, 0.5) is 0 Å². The first-order chi connectivity index (χ1) is 8.54. The van der Waals surface area contributed by atoms with Gasteiger partial charge in [0.1, 0.15) is 0 Å². The summed E-state index contributed by atoms with van der Waals surface area (Å²) in [4.78, 5) is 14.1. The molecule has 0 saturated heterocycles. The molecule has 0 aliphatic heterocycles. The molecule has 3 N–H and O–H groups in total. The van der Waals surface area contributed by atoms with Crippen molar-refractivity contribution >= 4 is 30.7 Å². The van der Waals surface area contributed by atoms with Crippen LogP contribution in [0, 0.1) is 5.92 Å². The molecule has 1 unspecified atom stereocenters. The highest BCUT2D eigenvalue weighted by Crippen LogP contribution is 2.26. The maximum atomic E-state index is 11.8. The summed E-state index contributed by atoms with van der Waals surface area (Å²) in [6.07, 6.45) is 5.11. The summed E-state index contributed by atoms with van der Waals surface area (Å²) in [5, 5.41) is 3.00. The molecule has 20 heavy (non-hydrogen) atoms. The molecule has 6 heteroatoms. The molecule has 0 radical (unpaired) electrons. The quantitative estimate of drug-likeness (QED) is 0.753. The fourth-order valence-electron chi connectivity index (χ4n) is 2.53. The number of amides is 1. The maximum absolute atomic E-state index is 11.8. The lowest BCUT2D eigenvalue weighted by Gasteiger charge is -2.23. The summed E-state index contributed by atoms with van der Waals surface area (Å²) in [6, 6.07) is 0.809. The number of nitrogens with one attached hydrogen (secondary N) is 1. The Kier molecular flexibility index (Phi) is 12.9. The van der Waals surface area contributed by atoms with E-state index in [0.717, 1.165) is 32.4 Å². The number of rotatable bonds is 7. The first-order valence-electron chi connectivity index (χ1n) is 7.27. The Morgan fingerprint density at radius 2 is 2.05 bits per heavy atom. The molecule has 1 saturated carbocycles. The molecule has 1 aliphatic rings. The van der Waals surface area contributed by atoms with Crippen molar-refractivity contribution in [2.45, 2.75) is 58.0 Å². The molecule has 1 aliphatic carbocycles. The van der Waals surface area contributed by atoms with Gasteiger partial charge in [0, 0.05) is 31.6 Å². The molecule has 0 bridgehead atoms. The molecule has 0 aromatic carbocycles. The average molecular weight is 328 g/mol. The molecule has 1 amide bonds. The number of hydrogen-bond acceptors (Lipinski definition) is 3. The number of likely N-dealkylation sites (N-methyl/N-ethyl adjacent to an activating group) is 1. The van der Waals surface area contributed by atoms with Crippen molar-refractivity contribution in [3.8, 4) is 0 Å². The van der Waals surface area contributed by atoms with Crippen LogP contribution in [0.15, 0.2) is 0 Å². The largest absolute Gasteiger partial charge is 0.355 e. The van der Waals surface area contributed by atoms with Crippen molar-refractivity contribution in [1.29, 1.82) is 0 Å². The molecular formula is C14H31Cl2N3O. The zero-order valence-corrected chi connectivity index (χ0v) is 14.6. The van der Waals surface area contributed by atoms with Crippen molar-refractivity contribution in [3.05, 3.63) is 0 Å². The minimum absolute atomic E-state index is 0. The van der Waals surface area contributed by atoms with Crippen LogP contribution in [0.2, 0.25) is 0 Å². The van der Waals surface area contributed by atoms with Gasteiger partial charge in [-0.1, -0.05) is 13.3 Å². The third-order valence-electron chi connectivity index (χ3n) is 4.30. The van der Waals surface area contributed by atoms with Gasteiger partial charge < -0.3 is 16.0 Å². The van der Waals surface area contributed by atoms with Crippen molar-refractivity contribution in [3.63, 3.8) is 0 Å². The third-order valence-corrected chi connectivity index (χ3v) is 4.30. The summed E-state index contributed by atoms with van der Waals surface area (Å²) >= 11 is 0. The van der Waals surface area contributed by atoms with Gasteiger partial charge in [-0.15, -0.1) is 24.8 Å². The molecule has 0 heterocycles. The highest BCUT2D eigenvalue weighted by Gasteiger charge is 2.25. The third kappa shape index (κ3) is 7.67. The zero-order valence-electron chi connectivity index (χ0n) is 12.9. The van der Waals surface area contributed by atoms with Gasteiger partial charge in [0.2, 0.25) is 5.91 Å². The molecule has 3 atom stereocenters. The van der Waals surface area contributed by atoms with E-state index in [1.807, 2.05) is 0 Å². The molecule has 1 fully saturated rings. The highest BCUT2D eigenvalue weighted by molar-refractivity contribution is 5.85. The Morgan fingerprint density at radius 3 is 2.55 bits per heavy atom. The molecule has 122 valence electrons. The van der Waals surface area contributed by atoms with Crippen molar-refractivity contribution in [2.75, 3.05) is 20.1 Å². The number of hydrogen-bond donors (Lipinski definition) is 2. The van der Waals surface area contributed by atoms with Gasteiger partial charge in [0.05, 0.1) is 0 Å². The van der Waals surface area contributed by atoms with Crippen LogP contribution in [-0.2, 0) is 4.79 Å². The summed E-state index contributed by atoms with van der Waals surface area (Å²) < 4.78 is 0. The van der Waals surface area contributed by atoms with E-state index in [0.29, 0.717) is 18.4 Å². The Hall–Kier alpha value is -0.0300. The Balaban J connectivity index is 0. The SMILES string of the molecule is CCC(C)N(C)CCNC(=O)C[C@@H]1CCC[C@H]1N.Cl.Cl. The van der Waals surface area contributed by atoms with Gasteiger partial charge in [-0.3, -0.25) is 4.79 Å². The van der Waals surface area contributed by atoms with Crippen molar-refractivity contribution in [1.82, 2.24) is 10.2 Å². The first kappa shape index (κ1) is 22.3. The van der Waals surface area contributed by atoms with Crippen LogP contribution in [0.1, 0.15) is 46.0 Å². The molecule has 4 nitrogen and oxygen atoms in total. The zero-order chi connectivity index (χ0) is 13.5. The van der Waals surface area contributed by atoms with Crippen LogP contribution in [-0.4, -0.2) is 43.0 Å². The Bertz CT molecular complexity index is 267. The van der Waals surface area contributed by atoms with Crippen LogP contribution in [0.3, 0.4) is 0 Å². The highest BCUT2D eigenvalue weighted by atomic mass is 35.5. The molecule has 0 aromatic heterocycles. The summed E-state index contributed by atoms with van der Waals surface area (Å²) in [5.41, 5.74) is 5.97. The lowest BCUT2D eigenvalue weighted by Crippen LogP contribution is -2.38. The van der Waals surface area contributed by atoms with E-state index in [9.17, 15) is 4.79 Å². The number of nitrogens with two attached hydrogens (primary N) is 1. The Morgan fingerprint density at radius 1 is 1.40 bits per heavy atom. The van der Waals surface area contributed by atoms with E-state index >= 15 is 0 Å². The van der Waals surface area contributed by atoms with E-state index in [1.165, 1.54) is 6.42 Å². The van der Waals surface area contributed by atoms with E-state index in [1.54, 1.807) is 0 Å².